The molecule has 1 aromatic carbocycles. The summed E-state index contributed by atoms with van der Waals surface area (Å²) < 4.78 is 29.6. The van der Waals surface area contributed by atoms with E-state index in [0.717, 1.165) is 15.8 Å². The van der Waals surface area contributed by atoms with Gasteiger partial charge < -0.3 is 5.73 Å². The van der Waals surface area contributed by atoms with Crippen LogP contribution in [0.3, 0.4) is 0 Å². The Balaban J connectivity index is 2.01. The van der Waals surface area contributed by atoms with E-state index >= 15 is 0 Å². The zero-order valence-electron chi connectivity index (χ0n) is 9.59. The van der Waals surface area contributed by atoms with Crippen molar-refractivity contribution in [2.75, 3.05) is 5.73 Å². The van der Waals surface area contributed by atoms with Gasteiger partial charge in [-0.1, -0.05) is 16.6 Å². The lowest BCUT2D eigenvalue weighted by atomic mass is 10.3. The van der Waals surface area contributed by atoms with Crippen LogP contribution in [0.4, 0.5) is 10.7 Å². The van der Waals surface area contributed by atoms with Crippen molar-refractivity contribution in [3.8, 4) is 0 Å². The molecule has 3 rings (SSSR count). The molecule has 9 heteroatoms. The number of nitrogens with two attached hydrogens (primary N) is 1. The van der Waals surface area contributed by atoms with Crippen molar-refractivity contribution in [2.24, 2.45) is 4.99 Å². The third-order valence-corrected chi connectivity index (χ3v) is 5.01. The van der Waals surface area contributed by atoms with Crippen LogP contribution in [-0.2, 0) is 16.6 Å². The highest BCUT2D eigenvalue weighted by molar-refractivity contribution is 7.89. The zero-order valence-corrected chi connectivity index (χ0v) is 11.2. The minimum Gasteiger partial charge on any atom is -0.388 e. The summed E-state index contributed by atoms with van der Waals surface area (Å²) in [6.07, 6.45) is 1.27. The number of aromatic nitrogens is 2. The first-order valence-corrected chi connectivity index (χ1v) is 7.52. The third kappa shape index (κ3) is 1.96. The monoisotopic (exact) mass is 295 g/mol. The minimum atomic E-state index is -3.61. The molecular weight excluding hydrogens is 286 g/mol. The van der Waals surface area contributed by atoms with Gasteiger partial charge in [0, 0.05) is 11.5 Å². The van der Waals surface area contributed by atoms with Gasteiger partial charge >= 0.3 is 0 Å². The minimum absolute atomic E-state index is 0.0303. The molecule has 0 saturated heterocycles. The van der Waals surface area contributed by atoms with E-state index in [1.807, 2.05) is 0 Å². The van der Waals surface area contributed by atoms with Gasteiger partial charge in [-0.2, -0.15) is 0 Å². The number of hydrogen-bond donors (Lipinski definition) is 1. The van der Waals surface area contributed by atoms with Gasteiger partial charge in [0.05, 0.1) is 12.2 Å². The lowest BCUT2D eigenvalue weighted by molar-refractivity contribution is 0.518. The second-order valence-corrected chi connectivity index (χ2v) is 6.49. The van der Waals surface area contributed by atoms with E-state index in [9.17, 15) is 8.42 Å². The third-order valence-electron chi connectivity index (χ3n) is 2.67. The van der Waals surface area contributed by atoms with E-state index in [4.69, 9.17) is 5.73 Å². The molecule has 1 aliphatic heterocycles. The Labute approximate surface area is 113 Å². The fourth-order valence-electron chi connectivity index (χ4n) is 1.70. The van der Waals surface area contributed by atoms with Crippen molar-refractivity contribution < 1.29 is 8.42 Å². The van der Waals surface area contributed by atoms with Crippen LogP contribution in [0.1, 0.15) is 5.69 Å². The molecule has 7 nitrogen and oxygen atoms in total. The highest BCUT2D eigenvalue weighted by Crippen LogP contribution is 2.31. The first kappa shape index (κ1) is 12.1. The molecule has 0 fully saturated rings. The summed E-state index contributed by atoms with van der Waals surface area (Å²) in [7, 11) is -3.61. The van der Waals surface area contributed by atoms with Gasteiger partial charge in [-0.25, -0.2) is 17.7 Å². The molecule has 1 aromatic heterocycles. The van der Waals surface area contributed by atoms with Gasteiger partial charge in [0.2, 0.25) is 0 Å². The normalized spacial score (nSPS) is 16.3. The van der Waals surface area contributed by atoms with Crippen molar-refractivity contribution in [1.82, 2.24) is 13.9 Å². The molecule has 0 spiro atoms. The quantitative estimate of drug-likeness (QED) is 0.890. The number of sulfonamides is 1. The fourth-order valence-corrected chi connectivity index (χ4v) is 3.49. The van der Waals surface area contributed by atoms with Crippen molar-refractivity contribution >= 4 is 38.6 Å². The molecule has 0 aliphatic carbocycles. The second kappa shape index (κ2) is 4.28. The van der Waals surface area contributed by atoms with E-state index in [1.54, 1.807) is 18.2 Å². The lowest BCUT2D eigenvalue weighted by Gasteiger charge is -2.23. The molecule has 0 saturated carbocycles. The van der Waals surface area contributed by atoms with Gasteiger partial charge in [0.15, 0.2) is 0 Å². The van der Waals surface area contributed by atoms with Gasteiger partial charge in [-0.15, -0.1) is 5.10 Å². The SMILES string of the molecule is Nc1snnc1CN1C=Nc2ccccc2S1(=O)=O. The van der Waals surface area contributed by atoms with E-state index in [2.05, 4.69) is 14.6 Å². The number of aliphatic imine (C=N–C) groups is 1. The first-order chi connectivity index (χ1) is 9.09. The van der Waals surface area contributed by atoms with Crippen LogP contribution in [0, 0.1) is 0 Å². The predicted molar refractivity (Wildman–Crippen MR) is 71.6 cm³/mol. The summed E-state index contributed by atoms with van der Waals surface area (Å²) in [6, 6.07) is 6.58. The Bertz CT molecular complexity index is 753. The van der Waals surface area contributed by atoms with Gasteiger partial charge in [-0.3, -0.25) is 0 Å². The molecule has 1 aliphatic rings. The molecule has 0 amide bonds. The molecule has 19 heavy (non-hydrogen) atoms. The maximum atomic E-state index is 12.4. The molecule has 2 N–H and O–H groups in total. The Hall–Kier alpha value is -2.00. The lowest BCUT2D eigenvalue weighted by Crippen LogP contribution is -2.31. The summed E-state index contributed by atoms with van der Waals surface area (Å²) in [5, 5.41) is 4.21. The van der Waals surface area contributed by atoms with Crippen molar-refractivity contribution in [3.63, 3.8) is 0 Å². The number of benzene rings is 1. The molecule has 0 radical (unpaired) electrons. The van der Waals surface area contributed by atoms with E-state index in [1.165, 1.54) is 12.4 Å². The zero-order chi connectivity index (χ0) is 13.5. The highest BCUT2D eigenvalue weighted by atomic mass is 32.2. The number of fused-ring (bicyclic) bond motifs is 1. The number of anilines is 1. The number of rotatable bonds is 2. The topological polar surface area (TPSA) is 102 Å². The number of nitrogen functional groups attached to an aromatic ring is 1. The van der Waals surface area contributed by atoms with Crippen LogP contribution in [0.5, 0.6) is 0 Å². The van der Waals surface area contributed by atoms with Crippen molar-refractivity contribution in [3.05, 3.63) is 30.0 Å². The average molecular weight is 295 g/mol. The first-order valence-electron chi connectivity index (χ1n) is 5.31. The Morgan fingerprint density at radius 3 is 2.84 bits per heavy atom. The summed E-state index contributed by atoms with van der Waals surface area (Å²) in [5.41, 5.74) is 6.53. The summed E-state index contributed by atoms with van der Waals surface area (Å²) >= 11 is 1.03. The molecule has 0 bridgehead atoms. The van der Waals surface area contributed by atoms with Crippen molar-refractivity contribution in [1.29, 1.82) is 0 Å². The Kier molecular flexibility index (Phi) is 2.72. The molecule has 0 atom stereocenters. The molecular formula is C10H9N5O2S2. The second-order valence-electron chi connectivity index (χ2n) is 3.85. The van der Waals surface area contributed by atoms with Crippen LogP contribution < -0.4 is 5.73 Å². The standard InChI is InChI=1S/C10H9N5O2S2/c11-10-8(13-14-18-10)5-15-6-12-7-3-1-2-4-9(7)19(15,16)17/h1-4,6H,5,11H2. The highest BCUT2D eigenvalue weighted by Gasteiger charge is 2.29. The van der Waals surface area contributed by atoms with E-state index in [0.29, 0.717) is 16.4 Å². The van der Waals surface area contributed by atoms with E-state index < -0.39 is 10.0 Å². The number of nitrogens with zero attached hydrogens (tertiary/aromatic N) is 4. The van der Waals surface area contributed by atoms with Crippen LogP contribution in [0.25, 0.3) is 0 Å². The fraction of sp³-hybridized carbons (Fsp3) is 0.100. The van der Waals surface area contributed by atoms with Crippen LogP contribution in [0.2, 0.25) is 0 Å². The molecule has 0 unspecified atom stereocenters. The average Bonchev–Trinajstić information content (AvgIpc) is 2.79. The molecule has 2 heterocycles. The summed E-state index contributed by atoms with van der Waals surface area (Å²) in [6.45, 7) is 0.0303. The number of para-hydroxylation sites is 1. The maximum absolute atomic E-state index is 12.4. The maximum Gasteiger partial charge on any atom is 0.267 e. The molecule has 2 aromatic rings. The van der Waals surface area contributed by atoms with E-state index in [-0.39, 0.29) is 11.4 Å². The Morgan fingerprint density at radius 2 is 2.11 bits per heavy atom. The largest absolute Gasteiger partial charge is 0.388 e. The van der Waals surface area contributed by atoms with Gasteiger partial charge in [-0.05, 0) is 12.1 Å². The van der Waals surface area contributed by atoms with Gasteiger partial charge in [0.25, 0.3) is 10.0 Å². The number of hydrogen-bond acceptors (Lipinski definition) is 7. The summed E-state index contributed by atoms with van der Waals surface area (Å²) in [5.74, 6) is 0. The van der Waals surface area contributed by atoms with Gasteiger partial charge in [0.1, 0.15) is 21.9 Å². The predicted octanol–water partition coefficient (Wildman–Crippen LogP) is 0.985. The smallest absolute Gasteiger partial charge is 0.267 e. The van der Waals surface area contributed by atoms with Crippen LogP contribution in [-0.4, -0.2) is 28.6 Å². The van der Waals surface area contributed by atoms with Crippen LogP contribution >= 0.6 is 11.5 Å². The van der Waals surface area contributed by atoms with Crippen molar-refractivity contribution in [2.45, 2.75) is 11.4 Å². The van der Waals surface area contributed by atoms with Crippen LogP contribution in [0.15, 0.2) is 34.2 Å². The molecule has 98 valence electrons. The Morgan fingerprint density at radius 1 is 1.32 bits per heavy atom. The summed E-state index contributed by atoms with van der Waals surface area (Å²) in [4.78, 5) is 4.30.